The number of hydrogen-bond donors (Lipinski definition) is 2. The Morgan fingerprint density at radius 1 is 1.29 bits per heavy atom. The van der Waals surface area contributed by atoms with Gasteiger partial charge in [0.15, 0.2) is 6.10 Å². The normalized spacial score (nSPS) is 18.9. The van der Waals surface area contributed by atoms with Gasteiger partial charge in [-0.25, -0.2) is 13.6 Å². The lowest BCUT2D eigenvalue weighted by atomic mass is 9.98. The van der Waals surface area contributed by atoms with E-state index in [1.807, 2.05) is 0 Å². The summed E-state index contributed by atoms with van der Waals surface area (Å²) in [6, 6.07) is 1.85. The van der Waals surface area contributed by atoms with Crippen LogP contribution in [0.15, 0.2) is 18.2 Å². The van der Waals surface area contributed by atoms with Gasteiger partial charge in [0.25, 0.3) is 11.8 Å². The van der Waals surface area contributed by atoms with E-state index < -0.39 is 59.3 Å². The average Bonchev–Trinajstić information content (AvgIpc) is 3.19. The molecule has 2 fully saturated rings. The molecule has 0 bridgehead atoms. The number of imide groups is 1. The van der Waals surface area contributed by atoms with Crippen molar-refractivity contribution in [1.82, 2.24) is 10.2 Å². The van der Waals surface area contributed by atoms with Crippen LogP contribution >= 0.6 is 0 Å². The summed E-state index contributed by atoms with van der Waals surface area (Å²) < 4.78 is 31.7. The summed E-state index contributed by atoms with van der Waals surface area (Å²) in [5.41, 5.74) is -1.35. The first-order chi connectivity index (χ1) is 13.2. The molecule has 10 heteroatoms. The summed E-state index contributed by atoms with van der Waals surface area (Å²) in [6.07, 6.45) is 1.29. The zero-order valence-corrected chi connectivity index (χ0v) is 15.1. The Kier molecular flexibility index (Phi) is 5.30. The van der Waals surface area contributed by atoms with E-state index in [-0.39, 0.29) is 0 Å². The second-order valence-corrected chi connectivity index (χ2v) is 6.86. The van der Waals surface area contributed by atoms with E-state index in [0.717, 1.165) is 35.9 Å². The Bertz CT molecular complexity index is 839. The smallest absolute Gasteiger partial charge is 0.327 e. The molecule has 3 rings (SSSR count). The zero-order chi connectivity index (χ0) is 20.5. The number of benzene rings is 1. The fourth-order valence-electron chi connectivity index (χ4n) is 3.38. The van der Waals surface area contributed by atoms with Crippen LogP contribution < -0.4 is 10.6 Å². The number of nitrogens with zero attached hydrogens (tertiary/aromatic N) is 1. The number of carbonyl (C=O) groups is 4. The molecule has 0 aromatic heterocycles. The number of hydrogen-bond acceptors (Lipinski definition) is 5. The maximum atomic E-state index is 13.6. The van der Waals surface area contributed by atoms with E-state index in [0.29, 0.717) is 12.8 Å². The molecule has 1 aromatic carbocycles. The van der Waals surface area contributed by atoms with Crippen molar-refractivity contribution in [3.63, 3.8) is 0 Å². The number of amides is 4. The molecule has 1 heterocycles. The summed E-state index contributed by atoms with van der Waals surface area (Å²) >= 11 is 0. The number of halogens is 2. The monoisotopic (exact) mass is 395 g/mol. The van der Waals surface area contributed by atoms with E-state index in [2.05, 4.69) is 10.6 Å². The van der Waals surface area contributed by atoms with Gasteiger partial charge in [-0.05, 0) is 31.9 Å². The number of esters is 1. The van der Waals surface area contributed by atoms with Crippen molar-refractivity contribution in [3.05, 3.63) is 29.8 Å². The van der Waals surface area contributed by atoms with Crippen LogP contribution in [0.4, 0.5) is 19.3 Å². The maximum absolute atomic E-state index is 13.6. The Morgan fingerprint density at radius 2 is 1.96 bits per heavy atom. The highest BCUT2D eigenvalue weighted by atomic mass is 19.1. The van der Waals surface area contributed by atoms with Gasteiger partial charge in [-0.3, -0.25) is 19.3 Å². The molecule has 1 aliphatic heterocycles. The Morgan fingerprint density at radius 3 is 2.64 bits per heavy atom. The molecule has 1 saturated heterocycles. The highest BCUT2D eigenvalue weighted by Crippen LogP contribution is 2.34. The maximum Gasteiger partial charge on any atom is 0.327 e. The molecular weight excluding hydrogens is 376 g/mol. The summed E-state index contributed by atoms with van der Waals surface area (Å²) in [5, 5.41) is 4.74. The molecule has 4 amide bonds. The number of ether oxygens (including phenoxy) is 1. The van der Waals surface area contributed by atoms with Gasteiger partial charge < -0.3 is 15.4 Å². The van der Waals surface area contributed by atoms with E-state index in [4.69, 9.17) is 4.74 Å². The SMILES string of the molecule is C[C@@H](OC(=O)CN1C(=O)NC2(CCCC2)C1=O)C(=O)Nc1cc(F)ccc1F. The highest BCUT2D eigenvalue weighted by molar-refractivity contribution is 6.09. The minimum Gasteiger partial charge on any atom is -0.451 e. The third kappa shape index (κ3) is 3.80. The molecule has 1 aliphatic carbocycles. The van der Waals surface area contributed by atoms with Gasteiger partial charge in [0, 0.05) is 6.07 Å². The second kappa shape index (κ2) is 7.53. The van der Waals surface area contributed by atoms with Gasteiger partial charge in [-0.2, -0.15) is 0 Å². The standard InChI is InChI=1S/C18H19F2N3O5/c1-10(15(25)21-13-8-11(19)4-5-12(13)20)28-14(24)9-23-16(26)18(22-17(23)27)6-2-3-7-18/h4-5,8,10H,2-3,6-7,9H2,1H3,(H,21,25)(H,22,27)/t10-/m1/s1. The fraction of sp³-hybridized carbons (Fsp3) is 0.444. The van der Waals surface area contributed by atoms with Gasteiger partial charge in [0.2, 0.25) is 0 Å². The van der Waals surface area contributed by atoms with E-state index in [1.165, 1.54) is 6.92 Å². The van der Waals surface area contributed by atoms with Crippen LogP contribution in [0.5, 0.6) is 0 Å². The van der Waals surface area contributed by atoms with Crippen molar-refractivity contribution in [2.75, 3.05) is 11.9 Å². The average molecular weight is 395 g/mol. The van der Waals surface area contributed by atoms with Gasteiger partial charge in [-0.1, -0.05) is 12.8 Å². The summed E-state index contributed by atoms with van der Waals surface area (Å²) in [6.45, 7) is 0.590. The molecule has 28 heavy (non-hydrogen) atoms. The summed E-state index contributed by atoms with van der Waals surface area (Å²) in [7, 11) is 0. The van der Waals surface area contributed by atoms with Crippen molar-refractivity contribution in [2.45, 2.75) is 44.2 Å². The largest absolute Gasteiger partial charge is 0.451 e. The predicted octanol–water partition coefficient (Wildman–Crippen LogP) is 1.70. The molecule has 2 N–H and O–H groups in total. The first kappa shape index (κ1) is 19.7. The van der Waals surface area contributed by atoms with Crippen LogP contribution in [0.2, 0.25) is 0 Å². The lowest BCUT2D eigenvalue weighted by Gasteiger charge is -2.20. The second-order valence-electron chi connectivity index (χ2n) is 6.86. The van der Waals surface area contributed by atoms with Crippen LogP contribution in [0.25, 0.3) is 0 Å². The van der Waals surface area contributed by atoms with Crippen LogP contribution in [0.3, 0.4) is 0 Å². The van der Waals surface area contributed by atoms with Gasteiger partial charge in [-0.15, -0.1) is 0 Å². The van der Waals surface area contributed by atoms with Crippen LogP contribution in [0, 0.1) is 11.6 Å². The number of anilines is 1. The molecule has 1 aromatic rings. The van der Waals surface area contributed by atoms with Gasteiger partial charge in [0.1, 0.15) is 23.7 Å². The Hall–Kier alpha value is -3.04. The molecule has 1 atom stereocenters. The molecule has 8 nitrogen and oxygen atoms in total. The van der Waals surface area contributed by atoms with Gasteiger partial charge in [0.05, 0.1) is 5.69 Å². The zero-order valence-electron chi connectivity index (χ0n) is 15.1. The van der Waals surface area contributed by atoms with Crippen molar-refractivity contribution in [1.29, 1.82) is 0 Å². The Labute approximate surface area is 159 Å². The molecule has 0 radical (unpaired) electrons. The van der Waals surface area contributed by atoms with Crippen molar-refractivity contribution >= 4 is 29.5 Å². The van der Waals surface area contributed by atoms with Crippen molar-refractivity contribution in [3.8, 4) is 0 Å². The number of urea groups is 1. The van der Waals surface area contributed by atoms with E-state index in [9.17, 15) is 28.0 Å². The first-order valence-corrected chi connectivity index (χ1v) is 8.81. The first-order valence-electron chi connectivity index (χ1n) is 8.81. The molecule has 2 aliphatic rings. The number of rotatable bonds is 5. The Balaban J connectivity index is 1.57. The number of nitrogens with one attached hydrogen (secondary N) is 2. The number of carbonyl (C=O) groups excluding carboxylic acids is 4. The molecule has 1 spiro atoms. The molecular formula is C18H19F2N3O5. The third-order valence-corrected chi connectivity index (χ3v) is 4.85. The predicted molar refractivity (Wildman–Crippen MR) is 92.0 cm³/mol. The van der Waals surface area contributed by atoms with E-state index >= 15 is 0 Å². The minimum absolute atomic E-state index is 0.398. The quantitative estimate of drug-likeness (QED) is 0.583. The van der Waals surface area contributed by atoms with Crippen LogP contribution in [-0.2, 0) is 19.1 Å². The van der Waals surface area contributed by atoms with Crippen molar-refractivity contribution in [2.24, 2.45) is 0 Å². The lowest BCUT2D eigenvalue weighted by molar-refractivity contribution is -0.155. The van der Waals surface area contributed by atoms with Crippen LogP contribution in [-0.4, -0.2) is 46.9 Å². The summed E-state index contributed by atoms with van der Waals surface area (Å²) in [4.78, 5) is 49.4. The third-order valence-electron chi connectivity index (χ3n) is 4.85. The topological polar surface area (TPSA) is 105 Å². The molecule has 0 unspecified atom stereocenters. The molecule has 1 saturated carbocycles. The fourth-order valence-corrected chi connectivity index (χ4v) is 3.38. The molecule has 150 valence electrons. The minimum atomic E-state index is -1.35. The lowest BCUT2D eigenvalue weighted by Crippen LogP contribution is -2.44. The summed E-state index contributed by atoms with van der Waals surface area (Å²) in [5.74, 6) is -3.94. The van der Waals surface area contributed by atoms with E-state index in [1.54, 1.807) is 0 Å². The van der Waals surface area contributed by atoms with Crippen molar-refractivity contribution < 1.29 is 32.7 Å². The highest BCUT2D eigenvalue weighted by Gasteiger charge is 2.52. The van der Waals surface area contributed by atoms with Gasteiger partial charge >= 0.3 is 12.0 Å². The van der Waals surface area contributed by atoms with Crippen LogP contribution in [0.1, 0.15) is 32.6 Å².